The fourth-order valence-corrected chi connectivity index (χ4v) is 1.86. The average Bonchev–Trinajstić information content (AvgIpc) is 2.28. The maximum atomic E-state index is 12.2. The second kappa shape index (κ2) is 6.97. The lowest BCUT2D eigenvalue weighted by molar-refractivity contribution is -0.135. The van der Waals surface area contributed by atoms with E-state index in [1.807, 2.05) is 32.7 Å². The van der Waals surface area contributed by atoms with Crippen molar-refractivity contribution in [2.75, 3.05) is 33.2 Å². The quantitative estimate of drug-likeness (QED) is 0.730. The lowest BCUT2D eigenvalue weighted by Crippen LogP contribution is -2.49. The van der Waals surface area contributed by atoms with Crippen molar-refractivity contribution in [3.05, 3.63) is 0 Å². The molecule has 4 heteroatoms. The third-order valence-electron chi connectivity index (χ3n) is 3.32. The highest BCUT2D eigenvalue weighted by Gasteiger charge is 2.26. The van der Waals surface area contributed by atoms with E-state index in [9.17, 15) is 4.79 Å². The van der Waals surface area contributed by atoms with Crippen LogP contribution in [0.1, 0.15) is 34.6 Å². The third kappa shape index (κ3) is 5.04. The first kappa shape index (κ1) is 16.4. The summed E-state index contributed by atoms with van der Waals surface area (Å²) in [6.07, 6.45) is 0. The summed E-state index contributed by atoms with van der Waals surface area (Å²) in [5.41, 5.74) is 5.77. The van der Waals surface area contributed by atoms with Gasteiger partial charge in [0, 0.05) is 19.6 Å². The number of carbonyl (C=O) groups excluding carboxylic acids is 1. The Bertz CT molecular complexity index is 237. The van der Waals surface area contributed by atoms with Crippen LogP contribution in [-0.2, 0) is 4.79 Å². The molecule has 0 aliphatic heterocycles. The van der Waals surface area contributed by atoms with E-state index in [0.717, 1.165) is 19.6 Å². The molecular formula is C13H29N3O. The molecule has 0 aromatic carbocycles. The highest BCUT2D eigenvalue weighted by atomic mass is 16.2. The summed E-state index contributed by atoms with van der Waals surface area (Å²) in [6, 6.07) is -0.0827. The number of hydrogen-bond donors (Lipinski definition) is 1. The van der Waals surface area contributed by atoms with Gasteiger partial charge in [0.1, 0.15) is 0 Å². The van der Waals surface area contributed by atoms with Crippen LogP contribution in [0.25, 0.3) is 0 Å². The predicted molar refractivity (Wildman–Crippen MR) is 72.9 cm³/mol. The summed E-state index contributed by atoms with van der Waals surface area (Å²) < 4.78 is 0. The van der Waals surface area contributed by atoms with E-state index in [1.54, 1.807) is 0 Å². The molecule has 1 atom stereocenters. The molecule has 1 unspecified atom stereocenters. The van der Waals surface area contributed by atoms with E-state index < -0.39 is 0 Å². The van der Waals surface area contributed by atoms with Crippen molar-refractivity contribution >= 4 is 5.91 Å². The molecule has 0 aliphatic rings. The molecule has 0 bridgehead atoms. The average molecular weight is 243 g/mol. The third-order valence-corrected chi connectivity index (χ3v) is 3.32. The summed E-state index contributed by atoms with van der Waals surface area (Å²) in [5.74, 6) is 0.199. The van der Waals surface area contributed by atoms with Crippen molar-refractivity contribution in [1.82, 2.24) is 9.80 Å². The minimum Gasteiger partial charge on any atom is -0.342 e. The number of nitrogens with two attached hydrogens (primary N) is 1. The Morgan fingerprint density at radius 1 is 1.29 bits per heavy atom. The smallest absolute Gasteiger partial charge is 0.239 e. The zero-order valence-electron chi connectivity index (χ0n) is 12.3. The van der Waals surface area contributed by atoms with Gasteiger partial charge >= 0.3 is 0 Å². The second-order valence-corrected chi connectivity index (χ2v) is 5.47. The monoisotopic (exact) mass is 243 g/mol. The van der Waals surface area contributed by atoms with Crippen molar-refractivity contribution in [2.45, 2.75) is 40.7 Å². The Kier molecular flexibility index (Phi) is 6.72. The van der Waals surface area contributed by atoms with Crippen LogP contribution in [0.15, 0.2) is 0 Å². The largest absolute Gasteiger partial charge is 0.342 e. The molecule has 0 aromatic heterocycles. The van der Waals surface area contributed by atoms with Crippen LogP contribution in [0, 0.1) is 5.41 Å². The molecule has 2 N–H and O–H groups in total. The molecule has 0 heterocycles. The first-order valence-electron chi connectivity index (χ1n) is 6.48. The summed E-state index contributed by atoms with van der Waals surface area (Å²) in [7, 11) is 1.99. The van der Waals surface area contributed by atoms with E-state index in [-0.39, 0.29) is 17.4 Å². The van der Waals surface area contributed by atoms with Crippen molar-refractivity contribution in [3.8, 4) is 0 Å². The van der Waals surface area contributed by atoms with Crippen molar-refractivity contribution < 1.29 is 4.79 Å². The predicted octanol–water partition coefficient (Wildman–Crippen LogP) is 1.16. The van der Waals surface area contributed by atoms with Gasteiger partial charge < -0.3 is 10.6 Å². The first-order valence-corrected chi connectivity index (χ1v) is 6.48. The summed E-state index contributed by atoms with van der Waals surface area (Å²) >= 11 is 0. The fraction of sp³-hybridized carbons (Fsp3) is 0.923. The van der Waals surface area contributed by atoms with Gasteiger partial charge in [0.25, 0.3) is 0 Å². The Hall–Kier alpha value is -0.610. The van der Waals surface area contributed by atoms with Crippen LogP contribution in [0.5, 0.6) is 0 Å². The normalized spacial score (nSPS) is 13.9. The summed E-state index contributed by atoms with van der Waals surface area (Å²) in [6.45, 7) is 13.2. The lowest BCUT2D eigenvalue weighted by Gasteiger charge is -2.34. The highest BCUT2D eigenvalue weighted by Crippen LogP contribution is 2.16. The van der Waals surface area contributed by atoms with Gasteiger partial charge in [-0.2, -0.15) is 0 Å². The van der Waals surface area contributed by atoms with Crippen LogP contribution in [0.3, 0.4) is 0 Å². The van der Waals surface area contributed by atoms with E-state index in [0.29, 0.717) is 6.54 Å². The summed E-state index contributed by atoms with van der Waals surface area (Å²) in [5, 5.41) is 0. The maximum absolute atomic E-state index is 12.2. The van der Waals surface area contributed by atoms with Crippen LogP contribution in [-0.4, -0.2) is 55.0 Å². The van der Waals surface area contributed by atoms with E-state index in [4.69, 9.17) is 5.73 Å². The maximum Gasteiger partial charge on any atom is 0.239 e. The molecular weight excluding hydrogens is 214 g/mol. The van der Waals surface area contributed by atoms with Gasteiger partial charge in [0.05, 0.1) is 6.04 Å². The van der Waals surface area contributed by atoms with Crippen LogP contribution in [0.4, 0.5) is 0 Å². The van der Waals surface area contributed by atoms with Crippen molar-refractivity contribution in [2.24, 2.45) is 11.1 Å². The van der Waals surface area contributed by atoms with Gasteiger partial charge in [-0.1, -0.05) is 13.8 Å². The van der Waals surface area contributed by atoms with Gasteiger partial charge in [-0.25, -0.2) is 0 Å². The Morgan fingerprint density at radius 2 is 1.76 bits per heavy atom. The fourth-order valence-electron chi connectivity index (χ4n) is 1.86. The molecule has 0 aromatic rings. The van der Waals surface area contributed by atoms with Crippen LogP contribution >= 0.6 is 0 Å². The van der Waals surface area contributed by atoms with E-state index in [1.165, 1.54) is 0 Å². The molecule has 1 amide bonds. The molecule has 102 valence electrons. The number of nitrogens with zero attached hydrogens (tertiary/aromatic N) is 2. The number of carbonyl (C=O) groups is 1. The molecule has 0 rings (SSSR count). The molecule has 0 radical (unpaired) electrons. The molecule has 0 saturated heterocycles. The number of amides is 1. The van der Waals surface area contributed by atoms with E-state index >= 15 is 0 Å². The Morgan fingerprint density at radius 3 is 2.12 bits per heavy atom. The molecule has 0 spiro atoms. The molecule has 0 aliphatic carbocycles. The van der Waals surface area contributed by atoms with E-state index in [2.05, 4.69) is 18.7 Å². The van der Waals surface area contributed by atoms with Crippen LogP contribution in [0.2, 0.25) is 0 Å². The second-order valence-electron chi connectivity index (χ2n) is 5.47. The van der Waals surface area contributed by atoms with Crippen molar-refractivity contribution in [3.63, 3.8) is 0 Å². The lowest BCUT2D eigenvalue weighted by atomic mass is 9.92. The molecule has 0 saturated carbocycles. The number of rotatable bonds is 7. The first-order chi connectivity index (χ1) is 7.79. The highest BCUT2D eigenvalue weighted by molar-refractivity contribution is 5.81. The van der Waals surface area contributed by atoms with Gasteiger partial charge in [-0.15, -0.1) is 0 Å². The number of hydrogen-bond acceptors (Lipinski definition) is 3. The van der Waals surface area contributed by atoms with Gasteiger partial charge in [-0.05, 0) is 39.8 Å². The Balaban J connectivity index is 4.49. The standard InChI is InChI=1S/C13H29N3O/c1-7-16(8-2)12(17)11(3)15(6)10-13(4,5)9-14/h11H,7-10,14H2,1-6H3. The molecule has 4 nitrogen and oxygen atoms in total. The minimum atomic E-state index is -0.0827. The Labute approximate surface area is 106 Å². The zero-order valence-corrected chi connectivity index (χ0v) is 12.3. The SMILES string of the molecule is CCN(CC)C(=O)C(C)N(C)CC(C)(C)CN. The number of likely N-dealkylation sites (N-methyl/N-ethyl adjacent to an activating group) is 2. The van der Waals surface area contributed by atoms with Crippen molar-refractivity contribution in [1.29, 1.82) is 0 Å². The molecule has 0 fully saturated rings. The zero-order chi connectivity index (χ0) is 13.6. The van der Waals surface area contributed by atoms with Crippen LogP contribution < -0.4 is 5.73 Å². The topological polar surface area (TPSA) is 49.6 Å². The summed E-state index contributed by atoms with van der Waals surface area (Å²) in [4.78, 5) is 16.1. The van der Waals surface area contributed by atoms with Gasteiger partial charge in [0.2, 0.25) is 5.91 Å². The van der Waals surface area contributed by atoms with Gasteiger partial charge in [-0.3, -0.25) is 9.69 Å². The van der Waals surface area contributed by atoms with Gasteiger partial charge in [0.15, 0.2) is 0 Å². The minimum absolute atomic E-state index is 0.0482. The molecule has 17 heavy (non-hydrogen) atoms.